The van der Waals surface area contributed by atoms with Gasteiger partial charge in [0.15, 0.2) is 6.10 Å². The Hall–Kier alpha value is -4.21. The third kappa shape index (κ3) is 4.75. The standard InChI is InChI=1S/C24H24N4O6/c1-15(23(29)26-20-10-9-17(33-2)14-21(20)28(31)32)34-24(30)18-13-16-7-3-4-8-19(16)25-22(18)27-11-5-6-12-27/h3-4,7-10,13-15H,5-6,11-12H2,1-2H3,(H,26,29). The second-order valence-electron chi connectivity index (χ2n) is 7.92. The molecule has 0 saturated carbocycles. The maximum atomic E-state index is 13.1. The van der Waals surface area contributed by atoms with E-state index in [0.29, 0.717) is 5.82 Å². The molecule has 0 aliphatic carbocycles. The number of hydrogen-bond donors (Lipinski definition) is 1. The smallest absolute Gasteiger partial charge is 0.342 e. The topological polar surface area (TPSA) is 124 Å². The molecule has 2 heterocycles. The van der Waals surface area contributed by atoms with Gasteiger partial charge in [0.2, 0.25) is 0 Å². The fraction of sp³-hybridized carbons (Fsp3) is 0.292. The summed E-state index contributed by atoms with van der Waals surface area (Å²) in [6.45, 7) is 2.97. The molecule has 4 rings (SSSR count). The zero-order valence-corrected chi connectivity index (χ0v) is 18.8. The van der Waals surface area contributed by atoms with E-state index in [2.05, 4.69) is 10.3 Å². The van der Waals surface area contributed by atoms with Crippen LogP contribution in [0.3, 0.4) is 0 Å². The van der Waals surface area contributed by atoms with Gasteiger partial charge in [-0.05, 0) is 44.0 Å². The molecule has 10 nitrogen and oxygen atoms in total. The van der Waals surface area contributed by atoms with Gasteiger partial charge in [-0.25, -0.2) is 9.78 Å². The molecule has 1 aromatic heterocycles. The quantitative estimate of drug-likeness (QED) is 0.317. The number of esters is 1. The van der Waals surface area contributed by atoms with Crippen molar-refractivity contribution in [3.63, 3.8) is 0 Å². The number of amides is 1. The van der Waals surface area contributed by atoms with Crippen LogP contribution < -0.4 is 15.0 Å². The van der Waals surface area contributed by atoms with Crippen LogP contribution in [0, 0.1) is 10.1 Å². The van der Waals surface area contributed by atoms with Gasteiger partial charge in [0.1, 0.15) is 22.8 Å². The summed E-state index contributed by atoms with van der Waals surface area (Å²) in [6.07, 6.45) is 0.803. The van der Waals surface area contributed by atoms with E-state index >= 15 is 0 Å². The molecule has 1 amide bonds. The van der Waals surface area contributed by atoms with Crippen molar-refractivity contribution in [2.75, 3.05) is 30.4 Å². The number of nitrogens with one attached hydrogen (secondary N) is 1. The SMILES string of the molecule is COc1ccc(NC(=O)C(C)OC(=O)c2cc3ccccc3nc2N2CCCC2)c([N+](=O)[O-])c1. The molecule has 0 radical (unpaired) electrons. The highest BCUT2D eigenvalue weighted by Gasteiger charge is 2.27. The average molecular weight is 464 g/mol. The van der Waals surface area contributed by atoms with E-state index in [1.807, 2.05) is 29.2 Å². The zero-order chi connectivity index (χ0) is 24.2. The van der Waals surface area contributed by atoms with Gasteiger partial charge in [-0.1, -0.05) is 18.2 Å². The number of anilines is 2. The van der Waals surface area contributed by atoms with Gasteiger partial charge in [0.25, 0.3) is 11.6 Å². The molecule has 2 aromatic carbocycles. The molecule has 10 heteroatoms. The molecule has 3 aromatic rings. The molecule has 1 saturated heterocycles. The van der Waals surface area contributed by atoms with Crippen molar-refractivity contribution >= 4 is 40.0 Å². The van der Waals surface area contributed by atoms with Crippen molar-refractivity contribution in [2.24, 2.45) is 0 Å². The number of ether oxygens (including phenoxy) is 2. The number of carbonyl (C=O) groups excluding carboxylic acids is 2. The van der Waals surface area contributed by atoms with Crippen molar-refractivity contribution in [3.8, 4) is 5.75 Å². The molecule has 1 aliphatic rings. The second kappa shape index (κ2) is 9.74. The van der Waals surface area contributed by atoms with Crippen molar-refractivity contribution in [3.05, 3.63) is 64.2 Å². The fourth-order valence-corrected chi connectivity index (χ4v) is 3.83. The number of methoxy groups -OCH3 is 1. The highest BCUT2D eigenvalue weighted by molar-refractivity contribution is 6.02. The minimum Gasteiger partial charge on any atom is -0.496 e. The van der Waals surface area contributed by atoms with Crippen molar-refractivity contribution in [1.82, 2.24) is 4.98 Å². The van der Waals surface area contributed by atoms with Gasteiger partial charge in [-0.2, -0.15) is 0 Å². The van der Waals surface area contributed by atoms with Crippen LogP contribution in [0.15, 0.2) is 48.5 Å². The molecule has 176 valence electrons. The number of fused-ring (bicyclic) bond motifs is 1. The van der Waals surface area contributed by atoms with Crippen LogP contribution in [0.1, 0.15) is 30.1 Å². The number of nitrogens with zero attached hydrogens (tertiary/aromatic N) is 3. The van der Waals surface area contributed by atoms with Crippen molar-refractivity contribution < 1.29 is 24.0 Å². The average Bonchev–Trinajstić information content (AvgIpc) is 3.38. The van der Waals surface area contributed by atoms with Gasteiger partial charge >= 0.3 is 5.97 Å². The number of pyridine rings is 1. The lowest BCUT2D eigenvalue weighted by Gasteiger charge is -2.21. The minimum absolute atomic E-state index is 0.0242. The predicted octanol–water partition coefficient (Wildman–Crippen LogP) is 3.94. The summed E-state index contributed by atoms with van der Waals surface area (Å²) >= 11 is 0. The van der Waals surface area contributed by atoms with Gasteiger partial charge in [-0.15, -0.1) is 0 Å². The van der Waals surface area contributed by atoms with Crippen molar-refractivity contribution in [1.29, 1.82) is 0 Å². The number of nitro benzene ring substituents is 1. The lowest BCUT2D eigenvalue weighted by Crippen LogP contribution is -2.31. The molecule has 0 bridgehead atoms. The number of para-hydroxylation sites is 1. The molecule has 34 heavy (non-hydrogen) atoms. The van der Waals surface area contributed by atoms with Crippen LogP contribution in [0.25, 0.3) is 10.9 Å². The molecule has 1 unspecified atom stereocenters. The summed E-state index contributed by atoms with van der Waals surface area (Å²) in [5.41, 5.74) is 0.680. The van der Waals surface area contributed by atoms with Gasteiger partial charge in [-0.3, -0.25) is 14.9 Å². The van der Waals surface area contributed by atoms with Crippen LogP contribution in [0.5, 0.6) is 5.75 Å². The Bertz CT molecular complexity index is 1260. The van der Waals surface area contributed by atoms with Crippen LogP contribution in [0.2, 0.25) is 0 Å². The van der Waals surface area contributed by atoms with E-state index in [9.17, 15) is 19.7 Å². The lowest BCUT2D eigenvalue weighted by molar-refractivity contribution is -0.384. The predicted molar refractivity (Wildman–Crippen MR) is 126 cm³/mol. The van der Waals surface area contributed by atoms with E-state index in [4.69, 9.17) is 9.47 Å². The van der Waals surface area contributed by atoms with Crippen LogP contribution in [-0.4, -0.2) is 48.1 Å². The Morgan fingerprint density at radius 3 is 2.59 bits per heavy atom. The Labute approximate surface area is 195 Å². The third-order valence-corrected chi connectivity index (χ3v) is 5.64. The highest BCUT2D eigenvalue weighted by Crippen LogP contribution is 2.30. The van der Waals surface area contributed by atoms with Gasteiger partial charge in [0, 0.05) is 18.5 Å². The highest BCUT2D eigenvalue weighted by atomic mass is 16.6. The minimum atomic E-state index is -1.20. The van der Waals surface area contributed by atoms with E-state index in [0.717, 1.165) is 36.8 Å². The third-order valence-electron chi connectivity index (χ3n) is 5.64. The van der Waals surface area contributed by atoms with Crippen LogP contribution >= 0.6 is 0 Å². The zero-order valence-electron chi connectivity index (χ0n) is 18.8. The van der Waals surface area contributed by atoms with E-state index in [1.54, 1.807) is 6.07 Å². The number of rotatable bonds is 7. The number of aromatic nitrogens is 1. The van der Waals surface area contributed by atoms with Crippen LogP contribution in [-0.2, 0) is 9.53 Å². The lowest BCUT2D eigenvalue weighted by atomic mass is 10.1. The summed E-state index contributed by atoms with van der Waals surface area (Å²) in [5.74, 6) is -0.577. The number of carbonyl (C=O) groups is 2. The first-order valence-electron chi connectivity index (χ1n) is 10.9. The first-order valence-corrected chi connectivity index (χ1v) is 10.9. The Morgan fingerprint density at radius 1 is 1.15 bits per heavy atom. The first kappa shape index (κ1) is 23.0. The molecule has 1 aliphatic heterocycles. The Kier molecular flexibility index (Phi) is 6.58. The summed E-state index contributed by atoms with van der Waals surface area (Å²) in [6, 6.07) is 13.2. The molecule has 1 fully saturated rings. The molecule has 0 spiro atoms. The number of benzene rings is 2. The maximum absolute atomic E-state index is 13.1. The molecule has 1 atom stereocenters. The summed E-state index contributed by atoms with van der Waals surface area (Å²) in [5, 5.41) is 14.6. The monoisotopic (exact) mass is 464 g/mol. The van der Waals surface area contributed by atoms with E-state index < -0.39 is 22.9 Å². The Balaban J connectivity index is 1.55. The van der Waals surface area contributed by atoms with E-state index in [1.165, 1.54) is 32.2 Å². The van der Waals surface area contributed by atoms with Gasteiger partial charge in [0.05, 0.1) is 23.6 Å². The summed E-state index contributed by atoms with van der Waals surface area (Å²) < 4.78 is 10.5. The van der Waals surface area contributed by atoms with Gasteiger partial charge < -0.3 is 19.7 Å². The molecule has 1 N–H and O–H groups in total. The summed E-state index contributed by atoms with van der Waals surface area (Å²) in [4.78, 5) is 43.3. The second-order valence-corrected chi connectivity index (χ2v) is 7.92. The normalized spacial score (nSPS) is 14.0. The van der Waals surface area contributed by atoms with Crippen molar-refractivity contribution in [2.45, 2.75) is 25.9 Å². The maximum Gasteiger partial charge on any atom is 0.342 e. The Morgan fingerprint density at radius 2 is 1.88 bits per heavy atom. The molecular formula is C24H24N4O6. The number of hydrogen-bond acceptors (Lipinski definition) is 8. The fourth-order valence-electron chi connectivity index (χ4n) is 3.83. The van der Waals surface area contributed by atoms with E-state index in [-0.39, 0.29) is 22.7 Å². The largest absolute Gasteiger partial charge is 0.496 e. The summed E-state index contributed by atoms with van der Waals surface area (Å²) in [7, 11) is 1.39. The number of nitro groups is 1. The van der Waals surface area contributed by atoms with Crippen LogP contribution in [0.4, 0.5) is 17.2 Å². The molecular weight excluding hydrogens is 440 g/mol. The first-order chi connectivity index (χ1) is 16.4.